The lowest BCUT2D eigenvalue weighted by Crippen LogP contribution is -2.38. The molecule has 0 aliphatic carbocycles. The molecule has 1 heterocycles. The van der Waals surface area contributed by atoms with Gasteiger partial charge in [-0.1, -0.05) is 0 Å². The predicted octanol–water partition coefficient (Wildman–Crippen LogP) is 2.60. The van der Waals surface area contributed by atoms with Crippen molar-refractivity contribution in [3.8, 4) is 5.75 Å². The number of methoxy groups -OCH3 is 1. The number of ether oxygens (including phenoxy) is 2. The number of aliphatic carboxylic acids is 1. The van der Waals surface area contributed by atoms with Crippen LogP contribution in [0.25, 0.3) is 0 Å². The van der Waals surface area contributed by atoms with Crippen LogP contribution in [0.1, 0.15) is 12.8 Å². The average molecular weight is 409 g/mol. The molecule has 27 heavy (non-hydrogen) atoms. The Morgan fingerprint density at radius 3 is 2.22 bits per heavy atom. The van der Waals surface area contributed by atoms with Crippen molar-refractivity contribution in [1.82, 2.24) is 4.31 Å². The standard InChI is InChI=1S/C16H18F3NO6S/c1-25-14(15(21)22)10-11-6-8-20(9-7-11)27(23,24)13-4-2-12(3-5-13)26-16(17,18)19/h2-5,10-11H,6-9H2,1H3,(H,21,22)/b14-10-. The van der Waals surface area contributed by atoms with Gasteiger partial charge in [-0.15, -0.1) is 13.2 Å². The van der Waals surface area contributed by atoms with Crippen molar-refractivity contribution in [1.29, 1.82) is 0 Å². The molecule has 0 spiro atoms. The largest absolute Gasteiger partial charge is 0.573 e. The molecule has 0 unspecified atom stereocenters. The molecule has 1 aliphatic heterocycles. The Kier molecular flexibility index (Phi) is 6.37. The summed E-state index contributed by atoms with van der Waals surface area (Å²) in [5.74, 6) is -2.05. The van der Waals surface area contributed by atoms with E-state index in [1.54, 1.807) is 0 Å². The predicted molar refractivity (Wildman–Crippen MR) is 87.3 cm³/mol. The van der Waals surface area contributed by atoms with Gasteiger partial charge in [0, 0.05) is 13.1 Å². The Morgan fingerprint density at radius 1 is 1.22 bits per heavy atom. The number of hydrogen-bond acceptors (Lipinski definition) is 5. The van der Waals surface area contributed by atoms with E-state index < -0.39 is 28.1 Å². The molecule has 0 radical (unpaired) electrons. The van der Waals surface area contributed by atoms with Crippen LogP contribution in [0.15, 0.2) is 41.0 Å². The first-order valence-corrected chi connectivity index (χ1v) is 9.32. The molecule has 11 heteroatoms. The number of nitrogens with zero attached hydrogens (tertiary/aromatic N) is 1. The summed E-state index contributed by atoms with van der Waals surface area (Å²) >= 11 is 0. The number of alkyl halides is 3. The van der Waals surface area contributed by atoms with Gasteiger partial charge in [0.1, 0.15) is 5.75 Å². The zero-order valence-electron chi connectivity index (χ0n) is 14.3. The lowest BCUT2D eigenvalue weighted by molar-refractivity contribution is -0.274. The Labute approximate surface area is 154 Å². The van der Waals surface area contributed by atoms with E-state index in [1.807, 2.05) is 0 Å². The van der Waals surface area contributed by atoms with Crippen molar-refractivity contribution in [2.45, 2.75) is 24.1 Å². The van der Waals surface area contributed by atoms with Crippen LogP contribution in [0.5, 0.6) is 5.75 Å². The third kappa shape index (κ3) is 5.60. The Morgan fingerprint density at radius 2 is 1.78 bits per heavy atom. The van der Waals surface area contributed by atoms with Gasteiger partial charge in [0.2, 0.25) is 10.0 Å². The number of allylic oxidation sites excluding steroid dienone is 1. The fraction of sp³-hybridized carbons (Fsp3) is 0.438. The van der Waals surface area contributed by atoms with Gasteiger partial charge in [0.05, 0.1) is 12.0 Å². The van der Waals surface area contributed by atoms with Crippen LogP contribution >= 0.6 is 0 Å². The fourth-order valence-corrected chi connectivity index (χ4v) is 4.16. The van der Waals surface area contributed by atoms with Gasteiger partial charge in [-0.2, -0.15) is 4.31 Å². The van der Waals surface area contributed by atoms with Crippen LogP contribution in [-0.2, 0) is 19.6 Å². The fourth-order valence-electron chi connectivity index (χ4n) is 2.69. The van der Waals surface area contributed by atoms with Crippen LogP contribution in [-0.4, -0.2) is 50.4 Å². The zero-order valence-corrected chi connectivity index (χ0v) is 15.1. The number of halogens is 3. The normalized spacial score (nSPS) is 17.6. The highest BCUT2D eigenvalue weighted by molar-refractivity contribution is 7.89. The highest BCUT2D eigenvalue weighted by Crippen LogP contribution is 2.28. The van der Waals surface area contributed by atoms with Gasteiger partial charge < -0.3 is 14.6 Å². The summed E-state index contributed by atoms with van der Waals surface area (Å²) in [6.45, 7) is 0.307. The van der Waals surface area contributed by atoms with Crippen LogP contribution in [0.4, 0.5) is 13.2 Å². The third-order valence-electron chi connectivity index (χ3n) is 4.01. The van der Waals surface area contributed by atoms with Crippen LogP contribution in [0.2, 0.25) is 0 Å². The molecule has 7 nitrogen and oxygen atoms in total. The molecule has 0 amide bonds. The van der Waals surface area contributed by atoms with Crippen LogP contribution in [0, 0.1) is 5.92 Å². The SMILES string of the molecule is CO/C(=C\C1CCN(S(=O)(=O)c2ccc(OC(F)(F)F)cc2)CC1)C(=O)O. The molecular formula is C16H18F3NO6S. The van der Waals surface area contributed by atoms with E-state index in [2.05, 4.69) is 4.74 Å². The number of hydrogen-bond donors (Lipinski definition) is 1. The van der Waals surface area contributed by atoms with E-state index in [4.69, 9.17) is 9.84 Å². The summed E-state index contributed by atoms with van der Waals surface area (Å²) in [6.07, 6.45) is -2.61. The van der Waals surface area contributed by atoms with E-state index in [0.717, 1.165) is 24.3 Å². The van der Waals surface area contributed by atoms with E-state index in [0.29, 0.717) is 12.8 Å². The maximum Gasteiger partial charge on any atom is 0.573 e. The van der Waals surface area contributed by atoms with Crippen molar-refractivity contribution >= 4 is 16.0 Å². The topological polar surface area (TPSA) is 93.1 Å². The summed E-state index contributed by atoms with van der Waals surface area (Å²) in [6, 6.07) is 3.98. The number of rotatable bonds is 6. The lowest BCUT2D eigenvalue weighted by atomic mass is 9.97. The average Bonchev–Trinajstić information content (AvgIpc) is 2.59. The summed E-state index contributed by atoms with van der Waals surface area (Å²) in [5, 5.41) is 8.95. The molecule has 1 fully saturated rings. The highest BCUT2D eigenvalue weighted by atomic mass is 32.2. The first-order chi connectivity index (χ1) is 12.5. The minimum Gasteiger partial charge on any atom is -0.490 e. The summed E-state index contributed by atoms with van der Waals surface area (Å²) in [4.78, 5) is 10.8. The maximum atomic E-state index is 12.6. The smallest absolute Gasteiger partial charge is 0.490 e. The van der Waals surface area contributed by atoms with E-state index in [9.17, 15) is 26.4 Å². The monoisotopic (exact) mass is 409 g/mol. The minimum absolute atomic E-state index is 0.144. The van der Waals surface area contributed by atoms with Gasteiger partial charge in [0.15, 0.2) is 5.76 Å². The summed E-state index contributed by atoms with van der Waals surface area (Å²) in [7, 11) is -2.63. The first-order valence-electron chi connectivity index (χ1n) is 7.88. The number of carboxylic acid groups (broad SMARTS) is 1. The highest BCUT2D eigenvalue weighted by Gasteiger charge is 2.32. The Bertz CT molecular complexity index is 796. The quantitative estimate of drug-likeness (QED) is 0.574. The molecular weight excluding hydrogens is 391 g/mol. The number of piperidine rings is 1. The molecule has 0 aromatic heterocycles. The van der Waals surface area contributed by atoms with Crippen molar-refractivity contribution < 1.29 is 41.0 Å². The molecule has 1 N–H and O–H groups in total. The van der Waals surface area contributed by atoms with Crippen LogP contribution < -0.4 is 4.74 Å². The molecule has 1 aromatic rings. The molecule has 0 bridgehead atoms. The molecule has 1 aromatic carbocycles. The van der Waals surface area contributed by atoms with Crippen LogP contribution in [0.3, 0.4) is 0 Å². The van der Waals surface area contributed by atoms with Crippen molar-refractivity contribution in [3.05, 3.63) is 36.1 Å². The molecule has 0 saturated carbocycles. The maximum absolute atomic E-state index is 12.6. The Hall–Kier alpha value is -2.27. The molecule has 2 rings (SSSR count). The van der Waals surface area contributed by atoms with Gasteiger partial charge in [-0.3, -0.25) is 0 Å². The van der Waals surface area contributed by atoms with E-state index >= 15 is 0 Å². The van der Waals surface area contributed by atoms with Gasteiger partial charge in [0.25, 0.3) is 0 Å². The zero-order chi connectivity index (χ0) is 20.2. The third-order valence-corrected chi connectivity index (χ3v) is 5.92. The van der Waals surface area contributed by atoms with E-state index in [1.165, 1.54) is 17.5 Å². The second kappa shape index (κ2) is 8.17. The molecule has 150 valence electrons. The van der Waals surface area contributed by atoms with Gasteiger partial charge in [-0.05, 0) is 49.1 Å². The second-order valence-electron chi connectivity index (χ2n) is 5.80. The molecule has 0 atom stereocenters. The molecule has 1 aliphatic rings. The van der Waals surface area contributed by atoms with E-state index in [-0.39, 0.29) is 29.7 Å². The Balaban J connectivity index is 2.05. The summed E-state index contributed by atoms with van der Waals surface area (Å²) in [5.41, 5.74) is 0. The summed E-state index contributed by atoms with van der Waals surface area (Å²) < 4.78 is 71.4. The minimum atomic E-state index is -4.85. The molecule has 1 saturated heterocycles. The van der Waals surface area contributed by atoms with Gasteiger partial charge in [-0.25, -0.2) is 13.2 Å². The van der Waals surface area contributed by atoms with Gasteiger partial charge >= 0.3 is 12.3 Å². The number of sulfonamides is 1. The second-order valence-corrected chi connectivity index (χ2v) is 7.74. The lowest BCUT2D eigenvalue weighted by Gasteiger charge is -2.30. The number of carboxylic acids is 1. The number of benzene rings is 1. The van der Waals surface area contributed by atoms with Crippen molar-refractivity contribution in [3.63, 3.8) is 0 Å². The van der Waals surface area contributed by atoms with Crippen molar-refractivity contribution in [2.75, 3.05) is 20.2 Å². The van der Waals surface area contributed by atoms with Crippen molar-refractivity contribution in [2.24, 2.45) is 5.92 Å². The first kappa shape index (κ1) is 21.0. The number of carbonyl (C=O) groups is 1.